The number of amides is 1. The van der Waals surface area contributed by atoms with Crippen molar-refractivity contribution in [2.24, 2.45) is 4.99 Å². The van der Waals surface area contributed by atoms with E-state index in [0.717, 1.165) is 36.2 Å². The van der Waals surface area contributed by atoms with Gasteiger partial charge in [-0.3, -0.25) is 9.79 Å². The van der Waals surface area contributed by atoms with Crippen LogP contribution < -0.4 is 0 Å². The molecule has 2 aliphatic heterocycles. The smallest absolute Gasteiger partial charge is 0.256 e. The maximum atomic E-state index is 12.6. The van der Waals surface area contributed by atoms with Crippen LogP contribution in [0.1, 0.15) is 39.9 Å². The van der Waals surface area contributed by atoms with E-state index in [1.165, 1.54) is 11.1 Å². The fourth-order valence-electron chi connectivity index (χ4n) is 2.94. The van der Waals surface area contributed by atoms with Gasteiger partial charge >= 0.3 is 0 Å². The van der Waals surface area contributed by atoms with Crippen molar-refractivity contribution in [3.8, 4) is 0 Å². The number of rotatable bonds is 0. The molecule has 1 aromatic carbocycles. The van der Waals surface area contributed by atoms with Gasteiger partial charge in [-0.05, 0) is 56.4 Å². The van der Waals surface area contributed by atoms with E-state index in [0.29, 0.717) is 0 Å². The summed E-state index contributed by atoms with van der Waals surface area (Å²) < 4.78 is 0. The van der Waals surface area contributed by atoms with Crippen LogP contribution in [-0.2, 0) is 0 Å². The lowest BCUT2D eigenvalue weighted by Crippen LogP contribution is -2.35. The molecule has 0 N–H and O–H groups in total. The molecular formula is C15H18N2O. The first-order chi connectivity index (χ1) is 8.59. The molecule has 0 aromatic heterocycles. The van der Waals surface area contributed by atoms with Crippen LogP contribution in [0, 0.1) is 20.8 Å². The molecule has 1 aromatic rings. The molecule has 0 radical (unpaired) electrons. The van der Waals surface area contributed by atoms with Gasteiger partial charge in [-0.25, -0.2) is 0 Å². The van der Waals surface area contributed by atoms with E-state index in [4.69, 9.17) is 0 Å². The molecule has 0 saturated carbocycles. The van der Waals surface area contributed by atoms with Crippen LogP contribution in [0.3, 0.4) is 0 Å². The summed E-state index contributed by atoms with van der Waals surface area (Å²) in [7, 11) is 0. The van der Waals surface area contributed by atoms with E-state index in [9.17, 15) is 4.79 Å². The van der Waals surface area contributed by atoms with E-state index in [1.807, 2.05) is 24.1 Å². The Balaban J connectivity index is 2.22. The van der Waals surface area contributed by atoms with E-state index in [2.05, 4.69) is 18.8 Å². The predicted octanol–water partition coefficient (Wildman–Crippen LogP) is 2.93. The molecule has 1 saturated heterocycles. The number of carbonyl (C=O) groups excluding carboxylic acids is 1. The molecule has 3 nitrogen and oxygen atoms in total. The molecule has 3 rings (SSSR count). The lowest BCUT2D eigenvalue weighted by molar-refractivity contribution is 0.0774. The molecule has 94 valence electrons. The topological polar surface area (TPSA) is 32.7 Å². The Bertz CT molecular complexity index is 560. The van der Waals surface area contributed by atoms with Crippen molar-refractivity contribution >= 4 is 17.8 Å². The van der Waals surface area contributed by atoms with E-state index in [-0.39, 0.29) is 11.9 Å². The van der Waals surface area contributed by atoms with Crippen molar-refractivity contribution in [1.29, 1.82) is 0 Å². The molecule has 1 atom stereocenters. The first-order valence-electron chi connectivity index (χ1n) is 6.55. The number of hydrogen-bond acceptors (Lipinski definition) is 2. The van der Waals surface area contributed by atoms with Gasteiger partial charge in [0.25, 0.3) is 5.91 Å². The molecule has 18 heavy (non-hydrogen) atoms. The third kappa shape index (κ3) is 1.50. The van der Waals surface area contributed by atoms with Gasteiger partial charge in [0, 0.05) is 12.8 Å². The molecule has 1 fully saturated rings. The SMILES string of the molecule is Cc1cc2c(c(C)c1C)C(=O)N1CCC[C@H]1C=N2. The van der Waals surface area contributed by atoms with Crippen molar-refractivity contribution in [2.45, 2.75) is 39.7 Å². The van der Waals surface area contributed by atoms with E-state index in [1.54, 1.807) is 0 Å². The van der Waals surface area contributed by atoms with Crippen molar-refractivity contribution in [3.63, 3.8) is 0 Å². The van der Waals surface area contributed by atoms with Gasteiger partial charge in [-0.2, -0.15) is 0 Å². The zero-order chi connectivity index (χ0) is 12.9. The molecule has 0 spiro atoms. The van der Waals surface area contributed by atoms with Gasteiger partial charge < -0.3 is 4.90 Å². The molecule has 2 heterocycles. The average Bonchev–Trinajstić information content (AvgIpc) is 2.76. The summed E-state index contributed by atoms with van der Waals surface area (Å²) in [4.78, 5) is 19.2. The summed E-state index contributed by atoms with van der Waals surface area (Å²) in [5.74, 6) is 0.158. The van der Waals surface area contributed by atoms with Crippen LogP contribution in [0.15, 0.2) is 11.1 Å². The van der Waals surface area contributed by atoms with Crippen LogP contribution >= 0.6 is 0 Å². The Labute approximate surface area is 108 Å². The molecule has 0 unspecified atom stereocenters. The van der Waals surface area contributed by atoms with Gasteiger partial charge in [-0.1, -0.05) is 0 Å². The molecular weight excluding hydrogens is 224 g/mol. The Morgan fingerprint density at radius 3 is 2.83 bits per heavy atom. The highest BCUT2D eigenvalue weighted by Crippen LogP contribution is 2.33. The second-order valence-electron chi connectivity index (χ2n) is 5.32. The normalized spacial score (nSPS) is 21.8. The largest absolute Gasteiger partial charge is 0.331 e. The van der Waals surface area contributed by atoms with Crippen molar-refractivity contribution in [2.75, 3.05) is 6.54 Å². The second kappa shape index (κ2) is 3.94. The van der Waals surface area contributed by atoms with Crippen LogP contribution in [-0.4, -0.2) is 29.6 Å². The Morgan fingerprint density at radius 2 is 2.06 bits per heavy atom. The Morgan fingerprint density at radius 1 is 1.28 bits per heavy atom. The zero-order valence-electron chi connectivity index (χ0n) is 11.2. The number of fused-ring (bicyclic) bond motifs is 2. The summed E-state index contributed by atoms with van der Waals surface area (Å²) in [6.07, 6.45) is 4.08. The van der Waals surface area contributed by atoms with E-state index < -0.39 is 0 Å². The minimum Gasteiger partial charge on any atom is -0.331 e. The molecule has 2 aliphatic rings. The third-order valence-electron chi connectivity index (χ3n) is 4.30. The quantitative estimate of drug-likeness (QED) is 0.688. The lowest BCUT2D eigenvalue weighted by Gasteiger charge is -2.21. The molecule has 1 amide bonds. The van der Waals surface area contributed by atoms with Gasteiger partial charge in [0.1, 0.15) is 0 Å². The second-order valence-corrected chi connectivity index (χ2v) is 5.32. The molecule has 3 heteroatoms. The first-order valence-corrected chi connectivity index (χ1v) is 6.55. The summed E-state index contributed by atoms with van der Waals surface area (Å²) >= 11 is 0. The number of nitrogens with zero attached hydrogens (tertiary/aromatic N) is 2. The maximum Gasteiger partial charge on any atom is 0.256 e. The van der Waals surface area contributed by atoms with Crippen molar-refractivity contribution < 1.29 is 4.79 Å². The van der Waals surface area contributed by atoms with E-state index >= 15 is 0 Å². The van der Waals surface area contributed by atoms with Crippen LogP contribution in [0.2, 0.25) is 0 Å². The highest BCUT2D eigenvalue weighted by Gasteiger charge is 2.32. The highest BCUT2D eigenvalue weighted by molar-refractivity contribution is 6.04. The maximum absolute atomic E-state index is 12.6. The third-order valence-corrected chi connectivity index (χ3v) is 4.30. The fourth-order valence-corrected chi connectivity index (χ4v) is 2.94. The number of aliphatic imine (C=N–C) groups is 1. The number of aryl methyl sites for hydroxylation is 1. The molecule has 0 aliphatic carbocycles. The summed E-state index contributed by atoms with van der Waals surface area (Å²) in [6, 6.07) is 2.23. The standard InChI is InChI=1S/C15H18N2O/c1-9-7-13-14(11(3)10(9)2)15(18)17-6-4-5-12(17)8-16-13/h7-8,12H,4-6H2,1-3H3/t12-/m0/s1. The highest BCUT2D eigenvalue weighted by atomic mass is 16.2. The summed E-state index contributed by atoms with van der Waals surface area (Å²) in [5, 5.41) is 0. The van der Waals surface area contributed by atoms with Crippen LogP contribution in [0.25, 0.3) is 0 Å². The fraction of sp³-hybridized carbons (Fsp3) is 0.467. The Kier molecular flexibility index (Phi) is 2.51. The van der Waals surface area contributed by atoms with Gasteiger partial charge in [-0.15, -0.1) is 0 Å². The molecule has 0 bridgehead atoms. The van der Waals surface area contributed by atoms with Crippen molar-refractivity contribution in [3.05, 3.63) is 28.3 Å². The van der Waals surface area contributed by atoms with Gasteiger partial charge in [0.2, 0.25) is 0 Å². The zero-order valence-corrected chi connectivity index (χ0v) is 11.2. The van der Waals surface area contributed by atoms with Gasteiger partial charge in [0.05, 0.1) is 17.3 Å². The minimum atomic E-state index is 0.158. The van der Waals surface area contributed by atoms with Crippen molar-refractivity contribution in [1.82, 2.24) is 4.90 Å². The minimum absolute atomic E-state index is 0.158. The Hall–Kier alpha value is -1.64. The lowest BCUT2D eigenvalue weighted by atomic mass is 9.96. The number of benzene rings is 1. The summed E-state index contributed by atoms with van der Waals surface area (Å²) in [6.45, 7) is 7.05. The monoisotopic (exact) mass is 242 g/mol. The predicted molar refractivity (Wildman–Crippen MR) is 72.9 cm³/mol. The van der Waals surface area contributed by atoms with Gasteiger partial charge in [0.15, 0.2) is 0 Å². The number of hydrogen-bond donors (Lipinski definition) is 0. The first kappa shape index (κ1) is 11.5. The van der Waals surface area contributed by atoms with Crippen LogP contribution in [0.4, 0.5) is 5.69 Å². The van der Waals surface area contributed by atoms with Crippen LogP contribution in [0.5, 0.6) is 0 Å². The summed E-state index contributed by atoms with van der Waals surface area (Å²) in [5.41, 5.74) is 5.14. The average molecular weight is 242 g/mol. The number of carbonyl (C=O) groups is 1.